The Kier molecular flexibility index (Phi) is 5.45. The number of methoxy groups -OCH3 is 1. The SMILES string of the molecule is CC.COc1ccc(=O)[nH]c1Br. The van der Waals surface area contributed by atoms with Crippen LogP contribution in [0.4, 0.5) is 0 Å². The van der Waals surface area contributed by atoms with Crippen molar-refractivity contribution < 1.29 is 4.74 Å². The van der Waals surface area contributed by atoms with Gasteiger partial charge in [-0.15, -0.1) is 0 Å². The Labute approximate surface area is 79.9 Å². The van der Waals surface area contributed by atoms with E-state index in [0.717, 1.165) is 0 Å². The van der Waals surface area contributed by atoms with Crippen LogP contribution in [0.15, 0.2) is 21.5 Å². The molecule has 68 valence electrons. The molecule has 0 atom stereocenters. The molecular formula is C8H12BrNO2. The normalized spacial score (nSPS) is 8.33. The number of nitrogens with one attached hydrogen (secondary N) is 1. The minimum absolute atomic E-state index is 0.146. The molecule has 0 aromatic carbocycles. The first kappa shape index (κ1) is 11.2. The van der Waals surface area contributed by atoms with Gasteiger partial charge in [-0.05, 0) is 22.0 Å². The third kappa shape index (κ3) is 3.09. The van der Waals surface area contributed by atoms with Crippen molar-refractivity contribution in [2.24, 2.45) is 0 Å². The number of H-pyrrole nitrogens is 1. The highest BCUT2D eigenvalue weighted by molar-refractivity contribution is 9.10. The van der Waals surface area contributed by atoms with Gasteiger partial charge in [-0.2, -0.15) is 0 Å². The van der Waals surface area contributed by atoms with E-state index >= 15 is 0 Å². The molecule has 0 fully saturated rings. The highest BCUT2D eigenvalue weighted by Crippen LogP contribution is 2.18. The maximum atomic E-state index is 10.6. The van der Waals surface area contributed by atoms with Crippen molar-refractivity contribution in [3.63, 3.8) is 0 Å². The molecule has 3 nitrogen and oxygen atoms in total. The summed E-state index contributed by atoms with van der Waals surface area (Å²) >= 11 is 3.13. The number of hydrogen-bond donors (Lipinski definition) is 1. The molecular weight excluding hydrogens is 222 g/mol. The first-order valence-electron chi connectivity index (χ1n) is 3.67. The quantitative estimate of drug-likeness (QED) is 0.756. The smallest absolute Gasteiger partial charge is 0.248 e. The highest BCUT2D eigenvalue weighted by Gasteiger charge is 1.96. The first-order chi connectivity index (χ1) is 5.74. The Balaban J connectivity index is 0.000000561. The van der Waals surface area contributed by atoms with Crippen LogP contribution in [0.2, 0.25) is 0 Å². The standard InChI is InChI=1S/C6H6BrNO2.C2H6/c1-10-4-2-3-5(9)8-6(4)7;1-2/h2-3H,1H3,(H,8,9);1-2H3. The van der Waals surface area contributed by atoms with Gasteiger partial charge in [0.1, 0.15) is 10.4 Å². The lowest BCUT2D eigenvalue weighted by atomic mass is 10.5. The lowest BCUT2D eigenvalue weighted by molar-refractivity contribution is 0.409. The molecule has 1 aromatic heterocycles. The van der Waals surface area contributed by atoms with Crippen molar-refractivity contribution in [1.82, 2.24) is 4.98 Å². The van der Waals surface area contributed by atoms with Gasteiger partial charge in [-0.1, -0.05) is 13.8 Å². The van der Waals surface area contributed by atoms with E-state index in [9.17, 15) is 4.79 Å². The van der Waals surface area contributed by atoms with Gasteiger partial charge in [0, 0.05) is 6.07 Å². The van der Waals surface area contributed by atoms with Crippen LogP contribution in [0.3, 0.4) is 0 Å². The maximum absolute atomic E-state index is 10.6. The molecule has 0 aliphatic rings. The number of ether oxygens (including phenoxy) is 1. The Morgan fingerprint density at radius 2 is 2.00 bits per heavy atom. The molecule has 0 aliphatic carbocycles. The molecule has 0 bridgehead atoms. The molecule has 12 heavy (non-hydrogen) atoms. The zero-order valence-electron chi connectivity index (χ0n) is 7.35. The molecule has 0 amide bonds. The molecule has 4 heteroatoms. The number of hydrogen-bond acceptors (Lipinski definition) is 2. The van der Waals surface area contributed by atoms with Gasteiger partial charge >= 0.3 is 0 Å². The maximum Gasteiger partial charge on any atom is 0.248 e. The fourth-order valence-electron chi connectivity index (χ4n) is 0.594. The third-order valence-corrected chi connectivity index (χ3v) is 1.64. The van der Waals surface area contributed by atoms with E-state index in [1.807, 2.05) is 13.8 Å². The Bertz CT molecular complexity index is 283. The molecule has 0 saturated heterocycles. The van der Waals surface area contributed by atoms with Gasteiger partial charge < -0.3 is 9.72 Å². The van der Waals surface area contributed by atoms with Crippen LogP contribution in [0.25, 0.3) is 0 Å². The Morgan fingerprint density at radius 3 is 2.42 bits per heavy atom. The fourth-order valence-corrected chi connectivity index (χ4v) is 1.08. The molecule has 0 spiro atoms. The van der Waals surface area contributed by atoms with Crippen LogP contribution in [0.5, 0.6) is 5.75 Å². The van der Waals surface area contributed by atoms with Crippen LogP contribution in [-0.4, -0.2) is 12.1 Å². The summed E-state index contributed by atoms with van der Waals surface area (Å²) in [4.78, 5) is 13.1. The molecule has 1 N–H and O–H groups in total. The molecule has 1 rings (SSSR count). The molecule has 0 radical (unpaired) electrons. The first-order valence-corrected chi connectivity index (χ1v) is 4.46. The lowest BCUT2D eigenvalue weighted by Crippen LogP contribution is -2.03. The van der Waals surface area contributed by atoms with Crippen LogP contribution >= 0.6 is 15.9 Å². The van der Waals surface area contributed by atoms with E-state index in [2.05, 4.69) is 20.9 Å². The second kappa shape index (κ2) is 5.83. The molecule has 0 saturated carbocycles. The summed E-state index contributed by atoms with van der Waals surface area (Å²) in [5.41, 5.74) is -0.146. The van der Waals surface area contributed by atoms with Crippen molar-refractivity contribution >= 4 is 15.9 Å². The average molecular weight is 234 g/mol. The van der Waals surface area contributed by atoms with E-state index in [1.54, 1.807) is 13.2 Å². The summed E-state index contributed by atoms with van der Waals surface area (Å²) in [7, 11) is 1.54. The summed E-state index contributed by atoms with van der Waals surface area (Å²) in [6.45, 7) is 4.00. The number of halogens is 1. The average Bonchev–Trinajstić information content (AvgIpc) is 2.08. The van der Waals surface area contributed by atoms with Gasteiger partial charge in [0.05, 0.1) is 7.11 Å². The fraction of sp³-hybridized carbons (Fsp3) is 0.375. The van der Waals surface area contributed by atoms with Gasteiger partial charge in [0.2, 0.25) is 5.56 Å². The topological polar surface area (TPSA) is 42.1 Å². The predicted molar refractivity (Wildman–Crippen MR) is 52.7 cm³/mol. The van der Waals surface area contributed by atoms with Gasteiger partial charge in [0.15, 0.2) is 0 Å². The van der Waals surface area contributed by atoms with Gasteiger partial charge in [-0.3, -0.25) is 4.79 Å². The van der Waals surface area contributed by atoms with Crippen LogP contribution in [0.1, 0.15) is 13.8 Å². The summed E-state index contributed by atoms with van der Waals surface area (Å²) in [6.07, 6.45) is 0. The van der Waals surface area contributed by atoms with Crippen molar-refractivity contribution in [1.29, 1.82) is 0 Å². The largest absolute Gasteiger partial charge is 0.494 e. The van der Waals surface area contributed by atoms with Crippen LogP contribution in [0, 0.1) is 0 Å². The van der Waals surface area contributed by atoms with E-state index in [0.29, 0.717) is 10.4 Å². The van der Waals surface area contributed by atoms with Crippen molar-refractivity contribution in [2.45, 2.75) is 13.8 Å². The Hall–Kier alpha value is -0.770. The minimum Gasteiger partial charge on any atom is -0.494 e. The minimum atomic E-state index is -0.146. The summed E-state index contributed by atoms with van der Waals surface area (Å²) < 4.78 is 5.45. The third-order valence-electron chi connectivity index (χ3n) is 1.06. The van der Waals surface area contributed by atoms with E-state index in [4.69, 9.17) is 4.74 Å². The second-order valence-electron chi connectivity index (χ2n) is 1.70. The summed E-state index contributed by atoms with van der Waals surface area (Å²) in [6, 6.07) is 3.01. The van der Waals surface area contributed by atoms with Crippen molar-refractivity contribution in [3.05, 3.63) is 27.1 Å². The van der Waals surface area contributed by atoms with Crippen LogP contribution in [-0.2, 0) is 0 Å². The molecule has 1 aromatic rings. The lowest BCUT2D eigenvalue weighted by Gasteiger charge is -1.99. The number of aromatic nitrogens is 1. The van der Waals surface area contributed by atoms with E-state index in [1.165, 1.54) is 6.07 Å². The Morgan fingerprint density at radius 1 is 1.42 bits per heavy atom. The van der Waals surface area contributed by atoms with Crippen molar-refractivity contribution in [3.8, 4) is 5.75 Å². The van der Waals surface area contributed by atoms with E-state index in [-0.39, 0.29) is 5.56 Å². The summed E-state index contributed by atoms with van der Waals surface area (Å²) in [5.74, 6) is 0.625. The molecule has 1 heterocycles. The van der Waals surface area contributed by atoms with Gasteiger partial charge in [-0.25, -0.2) is 0 Å². The predicted octanol–water partition coefficient (Wildman–Crippen LogP) is 2.17. The molecule has 0 unspecified atom stereocenters. The van der Waals surface area contributed by atoms with E-state index < -0.39 is 0 Å². The number of pyridine rings is 1. The monoisotopic (exact) mass is 233 g/mol. The number of rotatable bonds is 1. The highest BCUT2D eigenvalue weighted by atomic mass is 79.9. The van der Waals surface area contributed by atoms with Gasteiger partial charge in [0.25, 0.3) is 0 Å². The summed E-state index contributed by atoms with van der Waals surface area (Å²) in [5, 5.41) is 0. The molecule has 0 aliphatic heterocycles. The zero-order valence-corrected chi connectivity index (χ0v) is 8.94. The van der Waals surface area contributed by atoms with Crippen molar-refractivity contribution in [2.75, 3.05) is 7.11 Å². The van der Waals surface area contributed by atoms with Crippen LogP contribution < -0.4 is 10.3 Å². The second-order valence-corrected chi connectivity index (χ2v) is 2.50. The zero-order chi connectivity index (χ0) is 9.56. The number of aromatic amines is 1.